The molecule has 1 saturated carbocycles. The molecule has 1 fully saturated rings. The summed E-state index contributed by atoms with van der Waals surface area (Å²) in [6, 6.07) is 4.68. The fourth-order valence-corrected chi connectivity index (χ4v) is 2.61. The first kappa shape index (κ1) is 14.7. The lowest BCUT2D eigenvalue weighted by Crippen LogP contribution is -2.33. The number of rotatable bonds is 4. The van der Waals surface area contributed by atoms with Crippen LogP contribution in [-0.4, -0.2) is 30.1 Å². The zero-order chi connectivity index (χ0) is 14.7. The fraction of sp³-hybridized carbons (Fsp3) is 0.429. The molecular formula is C14H16ClNO4. The predicted molar refractivity (Wildman–Crippen MR) is 74.2 cm³/mol. The zero-order valence-electron chi connectivity index (χ0n) is 11.1. The van der Waals surface area contributed by atoms with E-state index in [0.717, 1.165) is 0 Å². The minimum Gasteiger partial charge on any atom is -0.496 e. The van der Waals surface area contributed by atoms with Gasteiger partial charge >= 0.3 is 5.97 Å². The van der Waals surface area contributed by atoms with Gasteiger partial charge in [0.15, 0.2) is 0 Å². The fourth-order valence-electron chi connectivity index (χ4n) is 2.45. The second kappa shape index (κ2) is 6.13. The summed E-state index contributed by atoms with van der Waals surface area (Å²) in [5, 5.41) is 12.3. The minimum absolute atomic E-state index is 0.107. The van der Waals surface area contributed by atoms with Crippen LogP contribution in [-0.2, 0) is 4.79 Å². The van der Waals surface area contributed by atoms with E-state index in [2.05, 4.69) is 5.32 Å². The number of methoxy groups -OCH3 is 1. The number of nitrogens with one attached hydrogen (secondary N) is 1. The molecule has 0 unspecified atom stereocenters. The first-order valence-corrected chi connectivity index (χ1v) is 6.76. The molecule has 2 N–H and O–H groups in total. The molecule has 6 heteroatoms. The van der Waals surface area contributed by atoms with Gasteiger partial charge in [-0.2, -0.15) is 0 Å². The molecule has 1 aromatic carbocycles. The minimum atomic E-state index is -0.800. The van der Waals surface area contributed by atoms with Crippen LogP contribution in [0.1, 0.15) is 29.6 Å². The Hall–Kier alpha value is -1.75. The standard InChI is InChI=1S/C14H16ClNO4/c1-20-12-7-9(15)3-5-11(12)13(17)16-10-4-2-8(6-10)14(18)19/h3,5,7-8,10H,2,4,6H2,1H3,(H,16,17)(H,18,19)/t8-,10+/m0/s1. The zero-order valence-corrected chi connectivity index (χ0v) is 11.8. The van der Waals surface area contributed by atoms with Crippen LogP contribution in [0.25, 0.3) is 0 Å². The molecule has 0 heterocycles. The quantitative estimate of drug-likeness (QED) is 0.894. The Morgan fingerprint density at radius 3 is 2.75 bits per heavy atom. The Morgan fingerprint density at radius 1 is 1.40 bits per heavy atom. The summed E-state index contributed by atoms with van der Waals surface area (Å²) in [5.74, 6) is -1.03. The maximum Gasteiger partial charge on any atom is 0.306 e. The van der Waals surface area contributed by atoms with E-state index in [1.54, 1.807) is 18.2 Å². The lowest BCUT2D eigenvalue weighted by molar-refractivity contribution is -0.141. The van der Waals surface area contributed by atoms with Crippen molar-refractivity contribution in [1.29, 1.82) is 0 Å². The molecule has 1 amide bonds. The second-order valence-corrected chi connectivity index (χ2v) is 5.30. The molecule has 0 bridgehead atoms. The van der Waals surface area contributed by atoms with Gasteiger partial charge in [-0.05, 0) is 37.5 Å². The van der Waals surface area contributed by atoms with Crippen molar-refractivity contribution in [3.8, 4) is 5.75 Å². The molecular weight excluding hydrogens is 282 g/mol. The summed E-state index contributed by atoms with van der Waals surface area (Å²) < 4.78 is 5.13. The number of halogens is 1. The average molecular weight is 298 g/mol. The number of ether oxygens (including phenoxy) is 1. The van der Waals surface area contributed by atoms with E-state index in [4.69, 9.17) is 21.4 Å². The molecule has 0 saturated heterocycles. The van der Waals surface area contributed by atoms with Crippen molar-refractivity contribution >= 4 is 23.5 Å². The molecule has 1 aliphatic rings. The lowest BCUT2D eigenvalue weighted by atomic mass is 10.1. The molecule has 108 valence electrons. The molecule has 1 aromatic rings. The second-order valence-electron chi connectivity index (χ2n) is 4.86. The Morgan fingerprint density at radius 2 is 2.15 bits per heavy atom. The molecule has 2 atom stereocenters. The molecule has 2 rings (SSSR count). The summed E-state index contributed by atoms with van der Waals surface area (Å²) in [6.07, 6.45) is 1.74. The van der Waals surface area contributed by atoms with Crippen LogP contribution >= 0.6 is 11.6 Å². The van der Waals surface area contributed by atoms with E-state index in [0.29, 0.717) is 35.6 Å². The molecule has 20 heavy (non-hydrogen) atoms. The number of carbonyl (C=O) groups is 2. The molecule has 0 spiro atoms. The monoisotopic (exact) mass is 297 g/mol. The first-order chi connectivity index (χ1) is 9.51. The van der Waals surface area contributed by atoms with Crippen molar-refractivity contribution < 1.29 is 19.4 Å². The van der Waals surface area contributed by atoms with Crippen LogP contribution < -0.4 is 10.1 Å². The normalized spacial score (nSPS) is 21.5. The van der Waals surface area contributed by atoms with Crippen LogP contribution in [0.5, 0.6) is 5.75 Å². The highest BCUT2D eigenvalue weighted by atomic mass is 35.5. The van der Waals surface area contributed by atoms with Gasteiger partial charge < -0.3 is 15.2 Å². The number of hydrogen-bond acceptors (Lipinski definition) is 3. The van der Waals surface area contributed by atoms with E-state index >= 15 is 0 Å². The van der Waals surface area contributed by atoms with Gasteiger partial charge in [0.2, 0.25) is 0 Å². The molecule has 0 radical (unpaired) electrons. The number of amides is 1. The van der Waals surface area contributed by atoms with E-state index in [9.17, 15) is 9.59 Å². The first-order valence-electron chi connectivity index (χ1n) is 6.38. The van der Waals surface area contributed by atoms with Gasteiger partial charge in [-0.1, -0.05) is 11.6 Å². The van der Waals surface area contributed by atoms with Crippen LogP contribution in [0.3, 0.4) is 0 Å². The van der Waals surface area contributed by atoms with Crippen molar-refractivity contribution in [3.05, 3.63) is 28.8 Å². The predicted octanol–water partition coefficient (Wildman–Crippen LogP) is 2.33. The van der Waals surface area contributed by atoms with Gasteiger partial charge in [0.25, 0.3) is 5.91 Å². The maximum absolute atomic E-state index is 12.2. The molecule has 0 aromatic heterocycles. The summed E-state index contributed by atoms with van der Waals surface area (Å²) >= 11 is 5.85. The van der Waals surface area contributed by atoms with Crippen molar-refractivity contribution in [1.82, 2.24) is 5.32 Å². The Balaban J connectivity index is 2.04. The van der Waals surface area contributed by atoms with Crippen molar-refractivity contribution in [2.75, 3.05) is 7.11 Å². The van der Waals surface area contributed by atoms with Gasteiger partial charge in [-0.3, -0.25) is 9.59 Å². The van der Waals surface area contributed by atoms with Gasteiger partial charge in [0.1, 0.15) is 5.75 Å². The van der Waals surface area contributed by atoms with Crippen LogP contribution in [0, 0.1) is 5.92 Å². The van der Waals surface area contributed by atoms with Crippen molar-refractivity contribution in [3.63, 3.8) is 0 Å². The smallest absolute Gasteiger partial charge is 0.306 e. The van der Waals surface area contributed by atoms with Gasteiger partial charge in [0.05, 0.1) is 18.6 Å². The number of carboxylic acids is 1. The van der Waals surface area contributed by atoms with Gasteiger partial charge in [0, 0.05) is 11.1 Å². The molecule has 1 aliphatic carbocycles. The van der Waals surface area contributed by atoms with Crippen LogP contribution in [0.15, 0.2) is 18.2 Å². The SMILES string of the molecule is COc1cc(Cl)ccc1C(=O)N[C@@H]1CC[C@H](C(=O)O)C1. The van der Waals surface area contributed by atoms with Crippen LogP contribution in [0.2, 0.25) is 5.02 Å². The average Bonchev–Trinajstić information content (AvgIpc) is 2.87. The summed E-state index contributed by atoms with van der Waals surface area (Å²) in [7, 11) is 1.47. The largest absolute Gasteiger partial charge is 0.496 e. The van der Waals surface area contributed by atoms with Gasteiger partial charge in [-0.15, -0.1) is 0 Å². The summed E-state index contributed by atoms with van der Waals surface area (Å²) in [4.78, 5) is 23.1. The highest BCUT2D eigenvalue weighted by molar-refractivity contribution is 6.30. The number of carboxylic acid groups (broad SMARTS) is 1. The Bertz CT molecular complexity index is 532. The summed E-state index contributed by atoms with van der Waals surface area (Å²) in [5.41, 5.74) is 0.399. The third kappa shape index (κ3) is 3.22. The number of aliphatic carboxylic acids is 1. The molecule has 0 aliphatic heterocycles. The third-order valence-corrected chi connectivity index (χ3v) is 3.76. The summed E-state index contributed by atoms with van der Waals surface area (Å²) in [6.45, 7) is 0. The highest BCUT2D eigenvalue weighted by Gasteiger charge is 2.31. The maximum atomic E-state index is 12.2. The van der Waals surface area contributed by atoms with Crippen LogP contribution in [0.4, 0.5) is 0 Å². The van der Waals surface area contributed by atoms with Gasteiger partial charge in [-0.25, -0.2) is 0 Å². The Labute approximate surface area is 121 Å². The number of hydrogen-bond donors (Lipinski definition) is 2. The van der Waals surface area contributed by atoms with E-state index in [-0.39, 0.29) is 17.9 Å². The molecule has 5 nitrogen and oxygen atoms in total. The lowest BCUT2D eigenvalue weighted by Gasteiger charge is -2.14. The third-order valence-electron chi connectivity index (χ3n) is 3.53. The van der Waals surface area contributed by atoms with E-state index in [1.165, 1.54) is 7.11 Å². The highest BCUT2D eigenvalue weighted by Crippen LogP contribution is 2.27. The van der Waals surface area contributed by atoms with E-state index in [1.807, 2.05) is 0 Å². The number of carbonyl (C=O) groups excluding carboxylic acids is 1. The van der Waals surface area contributed by atoms with Crippen molar-refractivity contribution in [2.45, 2.75) is 25.3 Å². The number of benzene rings is 1. The Kier molecular flexibility index (Phi) is 4.49. The topological polar surface area (TPSA) is 75.6 Å². The van der Waals surface area contributed by atoms with E-state index < -0.39 is 5.97 Å². The van der Waals surface area contributed by atoms with Crippen molar-refractivity contribution in [2.24, 2.45) is 5.92 Å².